The lowest BCUT2D eigenvalue weighted by Crippen LogP contribution is -2.16. The van der Waals surface area contributed by atoms with Gasteiger partial charge >= 0.3 is 0 Å². The summed E-state index contributed by atoms with van der Waals surface area (Å²) >= 11 is 0. The number of rotatable bonds is 6. The zero-order valence-corrected chi connectivity index (χ0v) is 12.9. The van der Waals surface area contributed by atoms with Crippen LogP contribution in [-0.2, 0) is 23.0 Å². The second kappa shape index (κ2) is 6.69. The highest BCUT2D eigenvalue weighted by molar-refractivity contribution is 7.92. The molecule has 6 heteroatoms. The van der Waals surface area contributed by atoms with Gasteiger partial charge in [0.05, 0.1) is 5.69 Å². The first-order chi connectivity index (χ1) is 10.1. The third-order valence-corrected chi connectivity index (χ3v) is 4.38. The molecule has 0 aliphatic rings. The standard InChI is InChI=1S/C15H19N3O2S/c1-3-13-6-4-5-7-14(13)18-21(19,20)15-9-8-12(10-16-2)11-17-15/h4-9,11,16,18H,3,10H2,1-2H3. The molecule has 2 N–H and O–H groups in total. The highest BCUT2D eigenvalue weighted by atomic mass is 32.2. The number of para-hydroxylation sites is 1. The first kappa shape index (κ1) is 15.5. The number of sulfonamides is 1. The summed E-state index contributed by atoms with van der Waals surface area (Å²) in [6.07, 6.45) is 2.32. The largest absolute Gasteiger partial charge is 0.316 e. The van der Waals surface area contributed by atoms with Crippen LogP contribution in [0, 0.1) is 0 Å². The van der Waals surface area contributed by atoms with Crippen molar-refractivity contribution in [1.29, 1.82) is 0 Å². The Hall–Kier alpha value is -1.92. The number of aryl methyl sites for hydroxylation is 1. The van der Waals surface area contributed by atoms with Crippen LogP contribution in [0.3, 0.4) is 0 Å². The molecule has 0 spiro atoms. The normalized spacial score (nSPS) is 11.3. The first-order valence-electron chi connectivity index (χ1n) is 6.77. The van der Waals surface area contributed by atoms with Crippen molar-refractivity contribution in [2.75, 3.05) is 11.8 Å². The summed E-state index contributed by atoms with van der Waals surface area (Å²) in [7, 11) is -1.83. The third kappa shape index (κ3) is 3.80. The maximum atomic E-state index is 12.3. The van der Waals surface area contributed by atoms with E-state index >= 15 is 0 Å². The van der Waals surface area contributed by atoms with E-state index in [-0.39, 0.29) is 5.03 Å². The summed E-state index contributed by atoms with van der Waals surface area (Å²) in [6, 6.07) is 10.6. The Labute approximate surface area is 125 Å². The van der Waals surface area contributed by atoms with Gasteiger partial charge in [-0.3, -0.25) is 4.72 Å². The molecule has 0 atom stereocenters. The molecular weight excluding hydrogens is 286 g/mol. The fourth-order valence-corrected chi connectivity index (χ4v) is 3.04. The van der Waals surface area contributed by atoms with Gasteiger partial charge in [0.1, 0.15) is 0 Å². The molecule has 5 nitrogen and oxygen atoms in total. The van der Waals surface area contributed by atoms with Crippen molar-refractivity contribution in [2.24, 2.45) is 0 Å². The lowest BCUT2D eigenvalue weighted by Gasteiger charge is -2.11. The quantitative estimate of drug-likeness (QED) is 0.858. The molecule has 0 radical (unpaired) electrons. The van der Waals surface area contributed by atoms with Gasteiger partial charge in [0.15, 0.2) is 5.03 Å². The molecule has 1 heterocycles. The van der Waals surface area contributed by atoms with Gasteiger partial charge in [-0.2, -0.15) is 8.42 Å². The van der Waals surface area contributed by atoms with Crippen LogP contribution in [0.2, 0.25) is 0 Å². The number of hydrogen-bond donors (Lipinski definition) is 2. The minimum atomic E-state index is -3.66. The number of nitrogens with zero attached hydrogens (tertiary/aromatic N) is 1. The molecule has 0 saturated heterocycles. The zero-order chi connectivity index (χ0) is 15.3. The van der Waals surface area contributed by atoms with Crippen LogP contribution in [0.25, 0.3) is 0 Å². The minimum Gasteiger partial charge on any atom is -0.316 e. The second-order valence-corrected chi connectivity index (χ2v) is 6.28. The molecule has 21 heavy (non-hydrogen) atoms. The van der Waals surface area contributed by atoms with E-state index in [9.17, 15) is 8.42 Å². The Balaban J connectivity index is 2.25. The average molecular weight is 305 g/mol. The summed E-state index contributed by atoms with van der Waals surface area (Å²) in [5.41, 5.74) is 2.49. The smallest absolute Gasteiger partial charge is 0.279 e. The molecule has 1 aromatic carbocycles. The topological polar surface area (TPSA) is 71.1 Å². The van der Waals surface area contributed by atoms with Gasteiger partial charge in [0.25, 0.3) is 10.0 Å². The second-order valence-electron chi connectivity index (χ2n) is 4.65. The average Bonchev–Trinajstić information content (AvgIpc) is 2.48. The van der Waals surface area contributed by atoms with Gasteiger partial charge in [-0.05, 0) is 36.7 Å². The molecule has 0 unspecified atom stereocenters. The van der Waals surface area contributed by atoms with Crippen molar-refractivity contribution in [3.8, 4) is 0 Å². The number of nitrogens with one attached hydrogen (secondary N) is 2. The molecule has 0 bridgehead atoms. The summed E-state index contributed by atoms with van der Waals surface area (Å²) in [5, 5.41) is 3.01. The molecule has 0 aliphatic carbocycles. The Morgan fingerprint density at radius 2 is 1.90 bits per heavy atom. The van der Waals surface area contributed by atoms with Crippen molar-refractivity contribution in [2.45, 2.75) is 24.9 Å². The molecule has 0 aliphatic heterocycles. The van der Waals surface area contributed by atoms with Crippen LogP contribution >= 0.6 is 0 Å². The van der Waals surface area contributed by atoms with E-state index in [1.807, 2.05) is 26.1 Å². The van der Waals surface area contributed by atoms with Gasteiger partial charge in [-0.25, -0.2) is 4.98 Å². The minimum absolute atomic E-state index is 0.0215. The predicted octanol–water partition coefficient (Wildman–Crippen LogP) is 2.16. The summed E-state index contributed by atoms with van der Waals surface area (Å²) < 4.78 is 27.3. The fourth-order valence-electron chi connectivity index (χ4n) is 2.00. The van der Waals surface area contributed by atoms with E-state index in [1.54, 1.807) is 24.4 Å². The molecule has 2 aromatic rings. The van der Waals surface area contributed by atoms with Gasteiger partial charge in [-0.15, -0.1) is 0 Å². The molecule has 112 valence electrons. The van der Waals surface area contributed by atoms with Crippen molar-refractivity contribution in [3.63, 3.8) is 0 Å². The Morgan fingerprint density at radius 3 is 2.52 bits per heavy atom. The van der Waals surface area contributed by atoms with Gasteiger partial charge < -0.3 is 5.32 Å². The Morgan fingerprint density at radius 1 is 1.14 bits per heavy atom. The molecule has 0 saturated carbocycles. The highest BCUT2D eigenvalue weighted by Gasteiger charge is 2.16. The summed E-state index contributed by atoms with van der Waals surface area (Å²) in [5.74, 6) is 0. The number of aromatic nitrogens is 1. The lowest BCUT2D eigenvalue weighted by atomic mass is 10.1. The maximum absolute atomic E-state index is 12.3. The van der Waals surface area contributed by atoms with Crippen LogP contribution in [0.15, 0.2) is 47.6 Å². The van der Waals surface area contributed by atoms with Crippen LogP contribution in [-0.4, -0.2) is 20.4 Å². The molecule has 0 amide bonds. The fraction of sp³-hybridized carbons (Fsp3) is 0.267. The van der Waals surface area contributed by atoms with E-state index in [0.29, 0.717) is 12.2 Å². The van der Waals surface area contributed by atoms with E-state index in [0.717, 1.165) is 17.5 Å². The summed E-state index contributed by atoms with van der Waals surface area (Å²) in [4.78, 5) is 4.03. The van der Waals surface area contributed by atoms with E-state index in [1.165, 1.54) is 6.07 Å². The number of hydrogen-bond acceptors (Lipinski definition) is 4. The van der Waals surface area contributed by atoms with Crippen molar-refractivity contribution < 1.29 is 8.42 Å². The zero-order valence-electron chi connectivity index (χ0n) is 12.1. The van der Waals surface area contributed by atoms with Crippen molar-refractivity contribution in [1.82, 2.24) is 10.3 Å². The summed E-state index contributed by atoms with van der Waals surface area (Å²) in [6.45, 7) is 2.64. The van der Waals surface area contributed by atoms with Gasteiger partial charge in [0.2, 0.25) is 0 Å². The molecule has 0 fully saturated rings. The third-order valence-electron chi connectivity index (χ3n) is 3.10. The maximum Gasteiger partial charge on any atom is 0.279 e. The number of anilines is 1. The first-order valence-corrected chi connectivity index (χ1v) is 8.25. The van der Waals surface area contributed by atoms with Crippen LogP contribution in [0.5, 0.6) is 0 Å². The highest BCUT2D eigenvalue weighted by Crippen LogP contribution is 2.19. The number of benzene rings is 1. The van der Waals surface area contributed by atoms with E-state index in [4.69, 9.17) is 0 Å². The van der Waals surface area contributed by atoms with E-state index < -0.39 is 10.0 Å². The van der Waals surface area contributed by atoms with Crippen LogP contribution in [0.1, 0.15) is 18.1 Å². The van der Waals surface area contributed by atoms with Crippen molar-refractivity contribution >= 4 is 15.7 Å². The van der Waals surface area contributed by atoms with Crippen LogP contribution in [0.4, 0.5) is 5.69 Å². The Kier molecular flexibility index (Phi) is 4.93. The molecular formula is C15H19N3O2S. The lowest BCUT2D eigenvalue weighted by molar-refractivity contribution is 0.597. The predicted molar refractivity (Wildman–Crippen MR) is 83.6 cm³/mol. The monoisotopic (exact) mass is 305 g/mol. The molecule has 1 aromatic heterocycles. The van der Waals surface area contributed by atoms with E-state index in [2.05, 4.69) is 15.0 Å². The van der Waals surface area contributed by atoms with Gasteiger partial charge in [0, 0.05) is 12.7 Å². The Bertz CT molecular complexity index is 697. The van der Waals surface area contributed by atoms with Crippen LogP contribution < -0.4 is 10.0 Å². The molecule has 2 rings (SSSR count). The van der Waals surface area contributed by atoms with Crippen molar-refractivity contribution in [3.05, 3.63) is 53.7 Å². The number of pyridine rings is 1. The SMILES string of the molecule is CCc1ccccc1NS(=O)(=O)c1ccc(CNC)cn1. The van der Waals surface area contributed by atoms with Gasteiger partial charge in [-0.1, -0.05) is 31.2 Å².